The molecule has 2 aromatic rings. The lowest BCUT2D eigenvalue weighted by Gasteiger charge is -2.36. The highest BCUT2D eigenvalue weighted by Crippen LogP contribution is 2.37. The highest BCUT2D eigenvalue weighted by Gasteiger charge is 2.39. The van der Waals surface area contributed by atoms with E-state index >= 15 is 0 Å². The Labute approximate surface area is 201 Å². The lowest BCUT2D eigenvalue weighted by atomic mass is 10.0. The quantitative estimate of drug-likeness (QED) is 0.412. The van der Waals surface area contributed by atoms with Crippen molar-refractivity contribution in [3.8, 4) is 5.75 Å². The van der Waals surface area contributed by atoms with Gasteiger partial charge in [-0.2, -0.15) is 0 Å². The molecule has 0 spiro atoms. The minimum Gasteiger partial charge on any atom is -0.544 e. The topological polar surface area (TPSA) is 58.8 Å². The molecule has 2 N–H and O–H groups in total. The monoisotopic (exact) mass is 467 g/mol. The van der Waals surface area contributed by atoms with Crippen molar-refractivity contribution in [1.29, 1.82) is 0 Å². The predicted octanol–water partition coefficient (Wildman–Crippen LogP) is 5.49. The number of benzene rings is 2. The van der Waals surface area contributed by atoms with Crippen LogP contribution < -0.4 is 10.2 Å². The van der Waals surface area contributed by atoms with Gasteiger partial charge in [-0.25, -0.2) is 0 Å². The summed E-state index contributed by atoms with van der Waals surface area (Å²) in [7, 11) is 0.0261. The Morgan fingerprint density at radius 2 is 1.70 bits per heavy atom. The van der Waals surface area contributed by atoms with Gasteiger partial charge in [0.2, 0.25) is 14.2 Å². The van der Waals surface area contributed by atoms with Gasteiger partial charge >= 0.3 is 0 Å². The molecular weight excluding hydrogens is 426 g/mol. The fourth-order valence-electron chi connectivity index (χ4n) is 4.02. The maximum atomic E-state index is 13.3. The standard InChI is InChI=1S/C27H41N3O2Si/c1-27(2,3)33(5,6)32-23-15-13-21(14-16-23)25(20-30-17-9-10-18-30)29(4)26(31)19-22-11-7-8-12-24(22)28/h7-8,11-16,25H,9-10,17-20,28H2,1-6H3/t25-/m1/s1. The Balaban J connectivity index is 1.79. The first-order valence-corrected chi connectivity index (χ1v) is 15.0. The maximum Gasteiger partial charge on any atom is 0.250 e. The molecule has 6 heteroatoms. The summed E-state index contributed by atoms with van der Waals surface area (Å²) in [5, 5.41) is 0.149. The fourth-order valence-corrected chi connectivity index (χ4v) is 5.06. The van der Waals surface area contributed by atoms with E-state index in [-0.39, 0.29) is 17.0 Å². The van der Waals surface area contributed by atoms with Crippen LogP contribution in [0.5, 0.6) is 5.75 Å². The van der Waals surface area contributed by atoms with Crippen LogP contribution in [0.4, 0.5) is 5.69 Å². The van der Waals surface area contributed by atoms with Crippen molar-refractivity contribution in [1.82, 2.24) is 9.80 Å². The molecule has 1 aliphatic heterocycles. The summed E-state index contributed by atoms with van der Waals surface area (Å²) < 4.78 is 6.47. The van der Waals surface area contributed by atoms with Crippen molar-refractivity contribution in [3.05, 3.63) is 59.7 Å². The summed E-state index contributed by atoms with van der Waals surface area (Å²) in [4.78, 5) is 17.6. The second-order valence-corrected chi connectivity index (χ2v) is 15.6. The first-order chi connectivity index (χ1) is 15.5. The molecule has 5 nitrogen and oxygen atoms in total. The van der Waals surface area contributed by atoms with Crippen LogP contribution in [-0.2, 0) is 11.2 Å². The molecule has 180 valence electrons. The zero-order valence-electron chi connectivity index (χ0n) is 21.2. The van der Waals surface area contributed by atoms with E-state index in [2.05, 4.69) is 63.0 Å². The van der Waals surface area contributed by atoms with Crippen molar-refractivity contribution in [2.24, 2.45) is 0 Å². The van der Waals surface area contributed by atoms with E-state index in [4.69, 9.17) is 10.2 Å². The lowest BCUT2D eigenvalue weighted by molar-refractivity contribution is -0.131. The average Bonchev–Trinajstić information content (AvgIpc) is 3.26. The van der Waals surface area contributed by atoms with Gasteiger partial charge in [0.15, 0.2) is 0 Å². The molecule has 1 aliphatic rings. The zero-order chi connectivity index (χ0) is 24.2. The summed E-state index contributed by atoms with van der Waals surface area (Å²) >= 11 is 0. The highest BCUT2D eigenvalue weighted by atomic mass is 28.4. The molecule has 2 aromatic carbocycles. The number of carbonyl (C=O) groups excluding carboxylic acids is 1. The minimum absolute atomic E-state index is 0.0116. The number of para-hydroxylation sites is 1. The van der Waals surface area contributed by atoms with Crippen LogP contribution in [0.1, 0.15) is 50.8 Å². The third-order valence-corrected chi connectivity index (χ3v) is 11.7. The Kier molecular flexibility index (Phi) is 7.91. The Bertz CT molecular complexity index is 931. The van der Waals surface area contributed by atoms with E-state index in [1.165, 1.54) is 12.8 Å². The van der Waals surface area contributed by atoms with Crippen molar-refractivity contribution in [2.45, 2.75) is 64.2 Å². The van der Waals surface area contributed by atoms with Crippen molar-refractivity contribution in [2.75, 3.05) is 32.4 Å². The van der Waals surface area contributed by atoms with Gasteiger partial charge in [0.05, 0.1) is 12.5 Å². The number of likely N-dealkylation sites (N-methyl/N-ethyl adjacent to an activating group) is 1. The molecule has 0 radical (unpaired) electrons. The molecular formula is C27H41N3O2Si. The Morgan fingerprint density at radius 3 is 2.27 bits per heavy atom. The number of anilines is 1. The van der Waals surface area contributed by atoms with Crippen molar-refractivity contribution >= 4 is 19.9 Å². The van der Waals surface area contributed by atoms with Crippen LogP contribution in [0.3, 0.4) is 0 Å². The van der Waals surface area contributed by atoms with Crippen molar-refractivity contribution in [3.63, 3.8) is 0 Å². The molecule has 1 fully saturated rings. The fraction of sp³-hybridized carbons (Fsp3) is 0.519. The SMILES string of the molecule is CN(C(=O)Cc1ccccc1N)[C@H](CN1CCCC1)c1ccc(O[Si](C)(C)C(C)(C)C)cc1. The number of nitrogen functional groups attached to an aromatic ring is 1. The van der Waals surface area contributed by atoms with Gasteiger partial charge < -0.3 is 20.0 Å². The van der Waals surface area contributed by atoms with Gasteiger partial charge in [0.1, 0.15) is 5.75 Å². The summed E-state index contributed by atoms with van der Waals surface area (Å²) in [6, 6.07) is 16.0. The molecule has 0 bridgehead atoms. The number of rotatable bonds is 8. The molecule has 0 unspecified atom stereocenters. The highest BCUT2D eigenvalue weighted by molar-refractivity contribution is 6.74. The molecule has 1 saturated heterocycles. The summed E-state index contributed by atoms with van der Waals surface area (Å²) in [5.41, 5.74) is 8.79. The number of nitrogens with two attached hydrogens (primary N) is 1. The molecule has 1 amide bonds. The van der Waals surface area contributed by atoms with E-state index < -0.39 is 8.32 Å². The molecule has 1 atom stereocenters. The van der Waals surface area contributed by atoms with E-state index in [9.17, 15) is 4.79 Å². The summed E-state index contributed by atoms with van der Waals surface area (Å²) in [6.07, 6.45) is 2.76. The third kappa shape index (κ3) is 6.39. The van der Waals surface area contributed by atoms with Crippen LogP contribution in [0.2, 0.25) is 18.1 Å². The van der Waals surface area contributed by atoms with Crippen LogP contribution >= 0.6 is 0 Å². The summed E-state index contributed by atoms with van der Waals surface area (Å²) in [6.45, 7) is 14.3. The van der Waals surface area contributed by atoms with E-state index in [0.29, 0.717) is 12.1 Å². The molecule has 3 rings (SSSR count). The third-order valence-electron chi connectivity index (χ3n) is 7.33. The molecule has 0 aromatic heterocycles. The first-order valence-electron chi connectivity index (χ1n) is 12.1. The summed E-state index contributed by atoms with van der Waals surface area (Å²) in [5.74, 6) is 0.995. The normalized spacial score (nSPS) is 15.9. The minimum atomic E-state index is -1.89. The van der Waals surface area contributed by atoms with Gasteiger partial charge in [-0.05, 0) is 73.4 Å². The molecule has 1 heterocycles. The Morgan fingerprint density at radius 1 is 1.09 bits per heavy atom. The second-order valence-electron chi connectivity index (χ2n) is 10.8. The maximum absolute atomic E-state index is 13.3. The van der Waals surface area contributed by atoms with Crippen molar-refractivity contribution < 1.29 is 9.22 Å². The number of amides is 1. The average molecular weight is 468 g/mol. The van der Waals surface area contributed by atoms with E-state index in [1.807, 2.05) is 36.2 Å². The van der Waals surface area contributed by atoms with Crippen LogP contribution in [0, 0.1) is 0 Å². The number of hydrogen-bond donors (Lipinski definition) is 1. The van der Waals surface area contributed by atoms with Gasteiger partial charge in [0, 0.05) is 19.3 Å². The largest absolute Gasteiger partial charge is 0.544 e. The van der Waals surface area contributed by atoms with Gasteiger partial charge in [-0.15, -0.1) is 0 Å². The number of likely N-dealkylation sites (tertiary alicyclic amines) is 1. The van der Waals surface area contributed by atoms with Crippen LogP contribution in [0.15, 0.2) is 48.5 Å². The van der Waals surface area contributed by atoms with Gasteiger partial charge in [-0.1, -0.05) is 51.1 Å². The molecule has 33 heavy (non-hydrogen) atoms. The molecule has 0 saturated carbocycles. The number of nitrogens with zero attached hydrogens (tertiary/aromatic N) is 2. The first kappa shape index (κ1) is 25.3. The molecule has 0 aliphatic carbocycles. The second kappa shape index (κ2) is 10.3. The predicted molar refractivity (Wildman–Crippen MR) is 140 cm³/mol. The van der Waals surface area contributed by atoms with Gasteiger partial charge in [-0.3, -0.25) is 4.79 Å². The Hall–Kier alpha value is -2.31. The number of carbonyl (C=O) groups is 1. The van der Waals surface area contributed by atoms with Crippen LogP contribution in [0.25, 0.3) is 0 Å². The smallest absolute Gasteiger partial charge is 0.250 e. The van der Waals surface area contributed by atoms with E-state index in [1.54, 1.807) is 0 Å². The number of hydrogen-bond acceptors (Lipinski definition) is 4. The van der Waals surface area contributed by atoms with Gasteiger partial charge in [0.25, 0.3) is 0 Å². The zero-order valence-corrected chi connectivity index (χ0v) is 22.2. The van der Waals surface area contributed by atoms with E-state index in [0.717, 1.165) is 36.5 Å². The van der Waals surface area contributed by atoms with Crippen LogP contribution in [-0.4, -0.2) is 50.7 Å². The lowest BCUT2D eigenvalue weighted by Crippen LogP contribution is -2.43.